The second kappa shape index (κ2) is 5.26. The number of nitrogens with one attached hydrogen (secondary N) is 1. The number of aromatic nitrogens is 2. The van der Waals surface area contributed by atoms with Gasteiger partial charge in [-0.15, -0.1) is 0 Å². The van der Waals surface area contributed by atoms with Crippen LogP contribution in [0.4, 0.5) is 0 Å². The van der Waals surface area contributed by atoms with Crippen LogP contribution in [0.25, 0.3) is 11.0 Å². The summed E-state index contributed by atoms with van der Waals surface area (Å²) in [5.41, 5.74) is 4.06. The molecule has 1 N–H and O–H groups in total. The van der Waals surface area contributed by atoms with Gasteiger partial charge in [0.1, 0.15) is 0 Å². The maximum absolute atomic E-state index is 12.0. The summed E-state index contributed by atoms with van der Waals surface area (Å²) >= 11 is 0. The summed E-state index contributed by atoms with van der Waals surface area (Å²) in [7, 11) is 3.59. The Morgan fingerprint density at radius 1 is 1.14 bits per heavy atom. The molecular formula is C16H19N3O2. The number of imidazole rings is 1. The van der Waals surface area contributed by atoms with Crippen molar-refractivity contribution in [3.05, 3.63) is 58.4 Å². The number of hydrogen-bond acceptors (Lipinski definition) is 3. The van der Waals surface area contributed by atoms with Crippen LogP contribution in [0, 0.1) is 0 Å². The molecule has 0 aliphatic carbocycles. The zero-order chi connectivity index (χ0) is 15.0. The fourth-order valence-electron chi connectivity index (χ4n) is 2.77. The van der Waals surface area contributed by atoms with Gasteiger partial charge in [-0.1, -0.05) is 13.0 Å². The summed E-state index contributed by atoms with van der Waals surface area (Å²) in [5.74, 6) is 0. The standard InChI is InChI=1S/C16H19N3O2/c1-4-17-15(12-7-8-21-10-12)11-5-6-13-14(9-11)19(3)16(20)18(13)2/h5-10,15,17H,4H2,1-3H3. The van der Waals surface area contributed by atoms with E-state index in [2.05, 4.69) is 24.4 Å². The first-order valence-corrected chi connectivity index (χ1v) is 7.04. The molecule has 5 heteroatoms. The summed E-state index contributed by atoms with van der Waals surface area (Å²) in [6, 6.07) is 8.14. The van der Waals surface area contributed by atoms with Crippen molar-refractivity contribution in [2.75, 3.05) is 6.54 Å². The second-order valence-corrected chi connectivity index (χ2v) is 5.20. The van der Waals surface area contributed by atoms with Gasteiger partial charge < -0.3 is 9.73 Å². The quantitative estimate of drug-likeness (QED) is 0.799. The van der Waals surface area contributed by atoms with Gasteiger partial charge >= 0.3 is 5.69 Å². The summed E-state index contributed by atoms with van der Waals surface area (Å²) in [6.07, 6.45) is 3.43. The summed E-state index contributed by atoms with van der Waals surface area (Å²) < 4.78 is 8.54. The fraction of sp³-hybridized carbons (Fsp3) is 0.312. The second-order valence-electron chi connectivity index (χ2n) is 5.20. The van der Waals surface area contributed by atoms with Gasteiger partial charge in [0.25, 0.3) is 0 Å². The molecule has 3 rings (SSSR count). The van der Waals surface area contributed by atoms with E-state index in [1.165, 1.54) is 0 Å². The minimum absolute atomic E-state index is 0.00883. The third-order valence-corrected chi connectivity index (χ3v) is 3.91. The third kappa shape index (κ3) is 2.19. The molecule has 0 spiro atoms. The molecule has 0 aliphatic heterocycles. The first-order chi connectivity index (χ1) is 10.1. The smallest absolute Gasteiger partial charge is 0.328 e. The van der Waals surface area contributed by atoms with Crippen LogP contribution in [0.15, 0.2) is 46.0 Å². The molecule has 1 aromatic carbocycles. The lowest BCUT2D eigenvalue weighted by Gasteiger charge is -2.17. The number of nitrogens with zero attached hydrogens (tertiary/aromatic N) is 2. The fourth-order valence-corrected chi connectivity index (χ4v) is 2.77. The van der Waals surface area contributed by atoms with Crippen molar-refractivity contribution >= 4 is 11.0 Å². The molecule has 0 bridgehead atoms. The maximum Gasteiger partial charge on any atom is 0.328 e. The van der Waals surface area contributed by atoms with E-state index >= 15 is 0 Å². The highest BCUT2D eigenvalue weighted by Gasteiger charge is 2.16. The molecule has 0 radical (unpaired) electrons. The van der Waals surface area contributed by atoms with Gasteiger partial charge in [-0.2, -0.15) is 0 Å². The van der Waals surface area contributed by atoms with Crippen LogP contribution >= 0.6 is 0 Å². The van der Waals surface area contributed by atoms with Gasteiger partial charge in [0.05, 0.1) is 29.6 Å². The number of rotatable bonds is 4. The average molecular weight is 285 g/mol. The first-order valence-electron chi connectivity index (χ1n) is 7.04. The van der Waals surface area contributed by atoms with Gasteiger partial charge in [-0.05, 0) is 30.3 Å². The zero-order valence-electron chi connectivity index (χ0n) is 12.5. The Bertz CT molecular complexity index is 812. The van der Waals surface area contributed by atoms with Crippen LogP contribution in [0.5, 0.6) is 0 Å². The molecule has 0 amide bonds. The Morgan fingerprint density at radius 3 is 2.57 bits per heavy atom. The molecule has 110 valence electrons. The van der Waals surface area contributed by atoms with E-state index in [9.17, 15) is 4.79 Å². The van der Waals surface area contributed by atoms with E-state index < -0.39 is 0 Å². The van der Waals surface area contributed by atoms with Crippen molar-refractivity contribution in [1.29, 1.82) is 0 Å². The molecule has 1 unspecified atom stereocenters. The van der Waals surface area contributed by atoms with Crippen LogP contribution in [0.1, 0.15) is 24.1 Å². The van der Waals surface area contributed by atoms with Gasteiger partial charge in [-0.3, -0.25) is 9.13 Å². The number of furan rings is 1. The largest absolute Gasteiger partial charge is 0.472 e. The third-order valence-electron chi connectivity index (χ3n) is 3.91. The van der Waals surface area contributed by atoms with Crippen LogP contribution in [0.3, 0.4) is 0 Å². The highest BCUT2D eigenvalue weighted by molar-refractivity contribution is 5.77. The number of aryl methyl sites for hydroxylation is 2. The molecule has 2 aromatic heterocycles. The Kier molecular flexibility index (Phi) is 3.43. The van der Waals surface area contributed by atoms with E-state index in [4.69, 9.17) is 4.42 Å². The molecule has 5 nitrogen and oxygen atoms in total. The number of fused-ring (bicyclic) bond motifs is 1. The van der Waals surface area contributed by atoms with Crippen molar-refractivity contribution in [2.45, 2.75) is 13.0 Å². The SMILES string of the molecule is CCNC(c1ccoc1)c1ccc2c(c1)n(C)c(=O)n2C. The van der Waals surface area contributed by atoms with E-state index in [0.29, 0.717) is 0 Å². The average Bonchev–Trinajstić information content (AvgIpc) is 3.09. The minimum Gasteiger partial charge on any atom is -0.472 e. The lowest BCUT2D eigenvalue weighted by Crippen LogP contribution is -2.21. The molecular weight excluding hydrogens is 266 g/mol. The lowest BCUT2D eigenvalue weighted by molar-refractivity contribution is 0.553. The molecule has 0 saturated carbocycles. The highest BCUT2D eigenvalue weighted by atomic mass is 16.3. The highest BCUT2D eigenvalue weighted by Crippen LogP contribution is 2.25. The summed E-state index contributed by atoms with van der Waals surface area (Å²) in [5, 5.41) is 3.45. The van der Waals surface area contributed by atoms with Crippen molar-refractivity contribution in [3.63, 3.8) is 0 Å². The normalized spacial score (nSPS) is 12.9. The molecule has 0 saturated heterocycles. The van der Waals surface area contributed by atoms with Crippen LogP contribution in [-0.4, -0.2) is 15.7 Å². The van der Waals surface area contributed by atoms with Crippen LogP contribution in [-0.2, 0) is 14.1 Å². The minimum atomic E-state index is -0.00883. The lowest BCUT2D eigenvalue weighted by atomic mass is 10.0. The van der Waals surface area contributed by atoms with Crippen LogP contribution < -0.4 is 11.0 Å². The monoisotopic (exact) mass is 285 g/mol. The van der Waals surface area contributed by atoms with Crippen molar-refractivity contribution in [2.24, 2.45) is 14.1 Å². The van der Waals surface area contributed by atoms with E-state index in [-0.39, 0.29) is 11.7 Å². The molecule has 0 fully saturated rings. The van der Waals surface area contributed by atoms with Crippen molar-refractivity contribution in [3.8, 4) is 0 Å². The topological polar surface area (TPSA) is 52.1 Å². The van der Waals surface area contributed by atoms with Gasteiger partial charge in [0.15, 0.2) is 0 Å². The molecule has 3 aromatic rings. The Morgan fingerprint density at radius 2 is 1.90 bits per heavy atom. The first kappa shape index (κ1) is 13.7. The summed E-state index contributed by atoms with van der Waals surface area (Å²) in [4.78, 5) is 12.0. The Labute approximate surface area is 122 Å². The van der Waals surface area contributed by atoms with Crippen LogP contribution in [0.2, 0.25) is 0 Å². The Balaban J connectivity index is 2.15. The maximum atomic E-state index is 12.0. The van der Waals surface area contributed by atoms with Crippen molar-refractivity contribution < 1.29 is 4.42 Å². The summed E-state index contributed by atoms with van der Waals surface area (Å²) in [6.45, 7) is 2.92. The van der Waals surface area contributed by atoms with Crippen molar-refractivity contribution in [1.82, 2.24) is 14.5 Å². The van der Waals surface area contributed by atoms with Gasteiger partial charge in [0.2, 0.25) is 0 Å². The number of hydrogen-bond donors (Lipinski definition) is 1. The molecule has 2 heterocycles. The molecule has 1 atom stereocenters. The zero-order valence-corrected chi connectivity index (χ0v) is 12.5. The molecule has 21 heavy (non-hydrogen) atoms. The van der Waals surface area contributed by atoms with Gasteiger partial charge in [-0.25, -0.2) is 4.79 Å². The Hall–Kier alpha value is -2.27. The van der Waals surface area contributed by atoms with E-state index in [0.717, 1.165) is 28.7 Å². The number of benzene rings is 1. The molecule has 0 aliphatic rings. The predicted octanol–water partition coefficient (Wildman–Crippen LogP) is 2.17. The van der Waals surface area contributed by atoms with E-state index in [1.807, 2.05) is 12.1 Å². The van der Waals surface area contributed by atoms with Gasteiger partial charge in [0, 0.05) is 19.7 Å². The predicted molar refractivity (Wildman–Crippen MR) is 82.4 cm³/mol. The van der Waals surface area contributed by atoms with E-state index in [1.54, 1.807) is 35.8 Å².